The second kappa shape index (κ2) is 6.30. The van der Waals surface area contributed by atoms with Crippen molar-refractivity contribution in [2.45, 2.75) is 11.8 Å². The fourth-order valence-corrected chi connectivity index (χ4v) is 3.49. The van der Waals surface area contributed by atoms with Crippen LogP contribution in [0.25, 0.3) is 0 Å². The van der Waals surface area contributed by atoms with Crippen LogP contribution in [0.5, 0.6) is 0 Å². The minimum absolute atomic E-state index is 0.0392. The molecule has 0 amide bonds. The van der Waals surface area contributed by atoms with E-state index in [2.05, 4.69) is 15.9 Å². The summed E-state index contributed by atoms with van der Waals surface area (Å²) in [6.45, 7) is 1.53. The third-order valence-corrected chi connectivity index (χ3v) is 4.90. The molecule has 0 aliphatic rings. The average Bonchev–Trinajstić information content (AvgIpc) is 2.37. The van der Waals surface area contributed by atoms with Gasteiger partial charge in [-0.3, -0.25) is 10.1 Å². The summed E-state index contributed by atoms with van der Waals surface area (Å²) in [5, 5.41) is 19.7. The molecule has 1 unspecified atom stereocenters. The van der Waals surface area contributed by atoms with Crippen LogP contribution in [0.4, 0.5) is 5.69 Å². The van der Waals surface area contributed by atoms with Crippen LogP contribution in [-0.2, 0) is 10.0 Å². The van der Waals surface area contributed by atoms with E-state index in [4.69, 9.17) is 5.26 Å². The molecule has 1 aromatic carbocycles. The Morgan fingerprint density at radius 2 is 2.15 bits per heavy atom. The molecule has 0 bridgehead atoms. The Morgan fingerprint density at radius 3 is 2.65 bits per heavy atom. The molecule has 1 atom stereocenters. The Morgan fingerprint density at radius 1 is 1.55 bits per heavy atom. The molecule has 7 nitrogen and oxygen atoms in total. The summed E-state index contributed by atoms with van der Waals surface area (Å²) in [4.78, 5) is 9.79. The SMILES string of the molecule is CC(C#N)CN(C)S(=O)(=O)c1cc(Br)ccc1[N+](=O)[O-]. The molecular formula is C11H12BrN3O4S. The minimum atomic E-state index is -4.03. The molecule has 20 heavy (non-hydrogen) atoms. The van der Waals surface area contributed by atoms with Crippen molar-refractivity contribution in [1.29, 1.82) is 5.26 Å². The van der Waals surface area contributed by atoms with Crippen LogP contribution in [0.1, 0.15) is 6.92 Å². The molecule has 108 valence electrons. The van der Waals surface area contributed by atoms with Gasteiger partial charge in [-0.15, -0.1) is 0 Å². The maximum Gasteiger partial charge on any atom is 0.289 e. The highest BCUT2D eigenvalue weighted by atomic mass is 79.9. The predicted octanol–water partition coefficient (Wildman–Crippen LogP) is 2.14. The fraction of sp³-hybridized carbons (Fsp3) is 0.364. The molecule has 0 heterocycles. The average molecular weight is 362 g/mol. The number of rotatable bonds is 5. The van der Waals surface area contributed by atoms with Gasteiger partial charge in [0.15, 0.2) is 4.90 Å². The Kier molecular flexibility index (Phi) is 5.21. The maximum atomic E-state index is 12.4. The number of nitriles is 1. The highest BCUT2D eigenvalue weighted by Crippen LogP contribution is 2.29. The molecule has 0 saturated carbocycles. The van der Waals surface area contributed by atoms with Gasteiger partial charge in [-0.05, 0) is 19.1 Å². The zero-order valence-electron chi connectivity index (χ0n) is 10.8. The van der Waals surface area contributed by atoms with Gasteiger partial charge in [0.25, 0.3) is 5.69 Å². The fourth-order valence-electron chi connectivity index (χ4n) is 1.54. The molecule has 0 radical (unpaired) electrons. The lowest BCUT2D eigenvalue weighted by Gasteiger charge is -2.18. The molecule has 1 aromatic rings. The number of nitro benzene ring substituents is 1. The Hall–Kier alpha value is -1.50. The van der Waals surface area contributed by atoms with Crippen molar-refractivity contribution in [3.8, 4) is 6.07 Å². The highest BCUT2D eigenvalue weighted by molar-refractivity contribution is 9.10. The van der Waals surface area contributed by atoms with Crippen molar-refractivity contribution in [1.82, 2.24) is 4.31 Å². The van der Waals surface area contributed by atoms with E-state index in [1.165, 1.54) is 19.2 Å². The van der Waals surface area contributed by atoms with Crippen LogP contribution < -0.4 is 0 Å². The van der Waals surface area contributed by atoms with Gasteiger partial charge in [0.1, 0.15) is 0 Å². The van der Waals surface area contributed by atoms with E-state index < -0.39 is 31.4 Å². The van der Waals surface area contributed by atoms with E-state index in [0.29, 0.717) is 4.47 Å². The summed E-state index contributed by atoms with van der Waals surface area (Å²) in [6.07, 6.45) is 0. The molecule has 0 N–H and O–H groups in total. The first-order chi connectivity index (χ1) is 9.20. The van der Waals surface area contributed by atoms with Gasteiger partial charge in [-0.2, -0.15) is 9.57 Å². The molecule has 0 aliphatic heterocycles. The van der Waals surface area contributed by atoms with Crippen LogP contribution in [0, 0.1) is 27.4 Å². The third kappa shape index (κ3) is 3.53. The maximum absolute atomic E-state index is 12.4. The van der Waals surface area contributed by atoms with Crippen LogP contribution >= 0.6 is 15.9 Å². The molecule has 1 rings (SSSR count). The number of halogens is 1. The number of nitrogens with zero attached hydrogens (tertiary/aromatic N) is 3. The monoisotopic (exact) mass is 361 g/mol. The summed E-state index contributed by atoms with van der Waals surface area (Å²) in [7, 11) is -2.75. The molecule has 9 heteroatoms. The number of nitro groups is 1. The Balaban J connectivity index is 3.32. The number of hydrogen-bond donors (Lipinski definition) is 0. The lowest BCUT2D eigenvalue weighted by Crippen LogP contribution is -2.31. The van der Waals surface area contributed by atoms with Crippen molar-refractivity contribution in [3.05, 3.63) is 32.8 Å². The highest BCUT2D eigenvalue weighted by Gasteiger charge is 2.30. The van der Waals surface area contributed by atoms with E-state index in [1.807, 2.05) is 6.07 Å². The van der Waals surface area contributed by atoms with Crippen molar-refractivity contribution < 1.29 is 13.3 Å². The standard InChI is InChI=1S/C11H12BrN3O4S/c1-8(6-13)7-14(2)20(18,19)11-5-9(12)3-4-10(11)15(16)17/h3-5,8H,7H2,1-2H3. The van der Waals surface area contributed by atoms with Gasteiger partial charge >= 0.3 is 0 Å². The number of benzene rings is 1. The lowest BCUT2D eigenvalue weighted by atomic mass is 10.2. The van der Waals surface area contributed by atoms with Gasteiger partial charge in [-0.1, -0.05) is 15.9 Å². The smallest absolute Gasteiger partial charge is 0.258 e. The largest absolute Gasteiger partial charge is 0.289 e. The minimum Gasteiger partial charge on any atom is -0.258 e. The second-order valence-corrected chi connectivity index (χ2v) is 7.11. The van der Waals surface area contributed by atoms with Gasteiger partial charge < -0.3 is 0 Å². The summed E-state index contributed by atoms with van der Waals surface area (Å²) < 4.78 is 26.1. The van der Waals surface area contributed by atoms with Crippen molar-refractivity contribution in [3.63, 3.8) is 0 Å². The summed E-state index contributed by atoms with van der Waals surface area (Å²) in [6, 6.07) is 5.62. The zero-order valence-corrected chi connectivity index (χ0v) is 13.2. The van der Waals surface area contributed by atoms with Crippen molar-refractivity contribution in [2.24, 2.45) is 5.92 Å². The lowest BCUT2D eigenvalue weighted by molar-refractivity contribution is -0.387. The van der Waals surface area contributed by atoms with Crippen LogP contribution in [0.2, 0.25) is 0 Å². The zero-order chi connectivity index (χ0) is 15.5. The van der Waals surface area contributed by atoms with Gasteiger partial charge in [0.2, 0.25) is 10.0 Å². The van der Waals surface area contributed by atoms with Crippen molar-refractivity contribution >= 4 is 31.6 Å². The quantitative estimate of drug-likeness (QED) is 0.590. The number of sulfonamides is 1. The predicted molar refractivity (Wildman–Crippen MR) is 75.4 cm³/mol. The van der Waals surface area contributed by atoms with Gasteiger partial charge in [0.05, 0.1) is 16.9 Å². The van der Waals surface area contributed by atoms with E-state index in [9.17, 15) is 18.5 Å². The summed E-state index contributed by atoms with van der Waals surface area (Å²) >= 11 is 3.09. The second-order valence-electron chi connectivity index (χ2n) is 4.18. The molecular weight excluding hydrogens is 350 g/mol. The Bertz CT molecular complexity index is 669. The summed E-state index contributed by atoms with van der Waals surface area (Å²) in [5.74, 6) is -0.513. The van der Waals surface area contributed by atoms with Crippen molar-refractivity contribution in [2.75, 3.05) is 13.6 Å². The molecule has 0 aromatic heterocycles. The van der Waals surface area contributed by atoms with Crippen LogP contribution in [0.15, 0.2) is 27.6 Å². The van der Waals surface area contributed by atoms with Crippen LogP contribution in [-0.4, -0.2) is 31.2 Å². The van der Waals surface area contributed by atoms with Gasteiger partial charge in [0, 0.05) is 24.1 Å². The van der Waals surface area contributed by atoms with E-state index in [-0.39, 0.29) is 6.54 Å². The normalized spacial score (nSPS) is 12.9. The third-order valence-electron chi connectivity index (χ3n) is 2.56. The first kappa shape index (κ1) is 16.6. The number of hydrogen-bond acceptors (Lipinski definition) is 5. The first-order valence-electron chi connectivity index (χ1n) is 5.50. The molecule has 0 fully saturated rings. The first-order valence-corrected chi connectivity index (χ1v) is 7.73. The van der Waals surface area contributed by atoms with E-state index in [0.717, 1.165) is 10.4 Å². The van der Waals surface area contributed by atoms with E-state index in [1.54, 1.807) is 6.92 Å². The van der Waals surface area contributed by atoms with E-state index >= 15 is 0 Å². The topological polar surface area (TPSA) is 104 Å². The molecule has 0 aliphatic carbocycles. The van der Waals surface area contributed by atoms with Crippen LogP contribution in [0.3, 0.4) is 0 Å². The summed E-state index contributed by atoms with van der Waals surface area (Å²) in [5.41, 5.74) is -0.496. The molecule has 0 saturated heterocycles. The molecule has 0 spiro atoms. The van der Waals surface area contributed by atoms with Gasteiger partial charge in [-0.25, -0.2) is 8.42 Å². The Labute approximate surface area is 125 Å².